The van der Waals surface area contributed by atoms with Gasteiger partial charge in [0.2, 0.25) is 0 Å². The predicted molar refractivity (Wildman–Crippen MR) is 112 cm³/mol. The lowest BCUT2D eigenvalue weighted by atomic mass is 10.1. The van der Waals surface area contributed by atoms with E-state index < -0.39 is 0 Å². The van der Waals surface area contributed by atoms with E-state index in [0.29, 0.717) is 6.04 Å². The molecule has 0 bridgehead atoms. The third-order valence-electron chi connectivity index (χ3n) is 5.86. The van der Waals surface area contributed by atoms with Crippen LogP contribution >= 0.6 is 11.3 Å². The van der Waals surface area contributed by atoms with Gasteiger partial charge in [-0.05, 0) is 37.6 Å². The molecule has 1 atom stereocenters. The Hall–Kier alpha value is -1.69. The van der Waals surface area contributed by atoms with Crippen molar-refractivity contribution in [1.82, 2.24) is 14.7 Å². The molecule has 1 unspecified atom stereocenters. The van der Waals surface area contributed by atoms with Gasteiger partial charge in [0.05, 0.1) is 4.88 Å². The topological polar surface area (TPSA) is 26.8 Å². The molecule has 2 aliphatic heterocycles. The number of hydrogen-bond acceptors (Lipinski definition) is 4. The molecule has 2 saturated heterocycles. The number of benzene rings is 1. The smallest absolute Gasteiger partial charge is 0.263 e. The zero-order valence-corrected chi connectivity index (χ0v) is 17.0. The fourth-order valence-corrected chi connectivity index (χ4v) is 5.13. The maximum Gasteiger partial charge on any atom is 0.263 e. The van der Waals surface area contributed by atoms with E-state index in [-0.39, 0.29) is 5.91 Å². The summed E-state index contributed by atoms with van der Waals surface area (Å²) in [7, 11) is 2.20. The van der Waals surface area contributed by atoms with Crippen LogP contribution < -0.4 is 0 Å². The van der Waals surface area contributed by atoms with Gasteiger partial charge < -0.3 is 9.80 Å². The lowest BCUT2D eigenvalue weighted by molar-refractivity contribution is 0.0635. The van der Waals surface area contributed by atoms with Crippen molar-refractivity contribution in [2.75, 3.05) is 46.3 Å². The van der Waals surface area contributed by atoms with Gasteiger partial charge in [0, 0.05) is 50.2 Å². The number of hydrogen-bond donors (Lipinski definition) is 0. The first-order valence-electron chi connectivity index (χ1n) is 10.1. The van der Waals surface area contributed by atoms with Gasteiger partial charge in [-0.3, -0.25) is 9.69 Å². The third-order valence-corrected chi connectivity index (χ3v) is 6.99. The maximum absolute atomic E-state index is 13.2. The number of likely N-dealkylation sites (N-methyl/N-ethyl adjacent to an activating group) is 1. The minimum atomic E-state index is 0.211. The highest BCUT2D eigenvalue weighted by molar-refractivity contribution is 7.17. The molecule has 5 heteroatoms. The molecule has 1 aromatic heterocycles. The van der Waals surface area contributed by atoms with Gasteiger partial charge in [-0.1, -0.05) is 36.8 Å². The van der Waals surface area contributed by atoms with E-state index >= 15 is 0 Å². The summed E-state index contributed by atoms with van der Waals surface area (Å²) in [4.78, 5) is 22.3. The summed E-state index contributed by atoms with van der Waals surface area (Å²) in [5.74, 6) is 0.211. The quantitative estimate of drug-likeness (QED) is 0.809. The van der Waals surface area contributed by atoms with Gasteiger partial charge in [0.25, 0.3) is 5.91 Å². The van der Waals surface area contributed by atoms with E-state index in [0.717, 1.165) is 50.6 Å². The first-order valence-corrected chi connectivity index (χ1v) is 10.9. The van der Waals surface area contributed by atoms with Crippen LogP contribution in [0.3, 0.4) is 0 Å². The zero-order chi connectivity index (χ0) is 18.6. The minimum Gasteiger partial charge on any atom is -0.336 e. The molecule has 0 aliphatic carbocycles. The molecule has 2 aliphatic rings. The van der Waals surface area contributed by atoms with Crippen LogP contribution in [0, 0.1) is 0 Å². The molecule has 0 N–H and O–H groups in total. The van der Waals surface area contributed by atoms with Gasteiger partial charge in [-0.15, -0.1) is 11.3 Å². The number of thiophene rings is 1. The molecule has 4 nitrogen and oxygen atoms in total. The van der Waals surface area contributed by atoms with Crippen LogP contribution in [0.25, 0.3) is 10.4 Å². The summed E-state index contributed by atoms with van der Waals surface area (Å²) in [6, 6.07) is 14.9. The first-order chi connectivity index (χ1) is 13.2. The third kappa shape index (κ3) is 4.42. The van der Waals surface area contributed by atoms with E-state index in [2.05, 4.69) is 39.9 Å². The maximum atomic E-state index is 13.2. The van der Waals surface area contributed by atoms with Crippen LogP contribution in [0.4, 0.5) is 0 Å². The highest BCUT2D eigenvalue weighted by Gasteiger charge is 2.29. The van der Waals surface area contributed by atoms with E-state index in [1.54, 1.807) is 11.3 Å². The molecule has 2 fully saturated rings. The van der Waals surface area contributed by atoms with Crippen molar-refractivity contribution in [2.45, 2.75) is 25.3 Å². The molecular weight excluding hydrogens is 354 g/mol. The SMILES string of the molecule is CN1CCN(C2CCCCN(C(=O)c3ccc(-c4ccccc4)s3)C2)CC1. The van der Waals surface area contributed by atoms with Gasteiger partial charge >= 0.3 is 0 Å². The molecule has 0 spiro atoms. The fraction of sp³-hybridized carbons (Fsp3) is 0.500. The predicted octanol–water partition coefficient (Wildman–Crippen LogP) is 3.66. The number of nitrogens with zero attached hydrogens (tertiary/aromatic N) is 3. The average Bonchev–Trinajstić information content (AvgIpc) is 3.07. The molecule has 0 radical (unpaired) electrons. The van der Waals surface area contributed by atoms with Crippen molar-refractivity contribution in [3.05, 3.63) is 47.3 Å². The van der Waals surface area contributed by atoms with Crippen LogP contribution in [0.2, 0.25) is 0 Å². The molecule has 1 aromatic carbocycles. The van der Waals surface area contributed by atoms with Gasteiger partial charge in [0.15, 0.2) is 0 Å². The fourth-order valence-electron chi connectivity index (χ4n) is 4.16. The van der Waals surface area contributed by atoms with Crippen molar-refractivity contribution in [2.24, 2.45) is 0 Å². The minimum absolute atomic E-state index is 0.211. The second-order valence-electron chi connectivity index (χ2n) is 7.77. The Labute approximate surface area is 166 Å². The standard InChI is InChI=1S/C22H29N3OS/c1-23-13-15-24(16-14-23)19-9-5-6-12-25(17-19)22(26)21-11-10-20(27-21)18-7-3-2-4-8-18/h2-4,7-8,10-11,19H,5-6,9,12-17H2,1H3. The number of carbonyl (C=O) groups excluding carboxylic acids is 1. The molecule has 27 heavy (non-hydrogen) atoms. The average molecular weight is 384 g/mol. The number of amides is 1. The van der Waals surface area contributed by atoms with Crippen LogP contribution in [-0.2, 0) is 0 Å². The van der Waals surface area contributed by atoms with Crippen molar-refractivity contribution in [3.8, 4) is 10.4 Å². The summed E-state index contributed by atoms with van der Waals surface area (Å²) in [5, 5.41) is 0. The Morgan fingerprint density at radius 2 is 1.74 bits per heavy atom. The summed E-state index contributed by atoms with van der Waals surface area (Å²) in [6.45, 7) is 6.29. The molecule has 2 aromatic rings. The summed E-state index contributed by atoms with van der Waals surface area (Å²) >= 11 is 1.62. The van der Waals surface area contributed by atoms with E-state index in [9.17, 15) is 4.79 Å². The lowest BCUT2D eigenvalue weighted by Crippen LogP contribution is -2.52. The Balaban J connectivity index is 1.45. The Morgan fingerprint density at radius 1 is 0.963 bits per heavy atom. The van der Waals surface area contributed by atoms with Gasteiger partial charge in [-0.2, -0.15) is 0 Å². The van der Waals surface area contributed by atoms with E-state index in [4.69, 9.17) is 0 Å². The zero-order valence-electron chi connectivity index (χ0n) is 16.1. The highest BCUT2D eigenvalue weighted by Crippen LogP contribution is 2.29. The van der Waals surface area contributed by atoms with E-state index in [1.807, 2.05) is 24.3 Å². The van der Waals surface area contributed by atoms with Crippen molar-refractivity contribution in [3.63, 3.8) is 0 Å². The van der Waals surface area contributed by atoms with Gasteiger partial charge in [0.1, 0.15) is 0 Å². The summed E-state index contributed by atoms with van der Waals surface area (Å²) < 4.78 is 0. The number of likely N-dealkylation sites (tertiary alicyclic amines) is 1. The van der Waals surface area contributed by atoms with Crippen molar-refractivity contribution in [1.29, 1.82) is 0 Å². The second kappa shape index (κ2) is 8.55. The molecular formula is C22H29N3OS. The largest absolute Gasteiger partial charge is 0.336 e. The van der Waals surface area contributed by atoms with Crippen LogP contribution in [0.1, 0.15) is 28.9 Å². The Morgan fingerprint density at radius 3 is 2.52 bits per heavy atom. The monoisotopic (exact) mass is 383 g/mol. The van der Waals surface area contributed by atoms with Crippen LogP contribution in [-0.4, -0.2) is 73.0 Å². The molecule has 3 heterocycles. The molecule has 0 saturated carbocycles. The number of piperazine rings is 1. The first kappa shape index (κ1) is 18.7. The lowest BCUT2D eigenvalue weighted by Gasteiger charge is -2.39. The van der Waals surface area contributed by atoms with E-state index in [1.165, 1.54) is 23.3 Å². The van der Waals surface area contributed by atoms with Crippen LogP contribution in [0.5, 0.6) is 0 Å². The molecule has 144 valence electrons. The van der Waals surface area contributed by atoms with Gasteiger partial charge in [-0.25, -0.2) is 0 Å². The second-order valence-corrected chi connectivity index (χ2v) is 8.85. The summed E-state index contributed by atoms with van der Waals surface area (Å²) in [5.41, 5.74) is 1.19. The summed E-state index contributed by atoms with van der Waals surface area (Å²) in [6.07, 6.45) is 3.56. The Bertz CT molecular complexity index is 752. The number of carbonyl (C=O) groups is 1. The normalized spacial score (nSPS) is 22.6. The Kier molecular flexibility index (Phi) is 5.91. The number of rotatable bonds is 3. The molecule has 1 amide bonds. The van der Waals surface area contributed by atoms with Crippen molar-refractivity contribution >= 4 is 17.2 Å². The molecule has 4 rings (SSSR count). The highest BCUT2D eigenvalue weighted by atomic mass is 32.1. The van der Waals surface area contributed by atoms with Crippen molar-refractivity contribution < 1.29 is 4.79 Å². The van der Waals surface area contributed by atoms with Crippen LogP contribution in [0.15, 0.2) is 42.5 Å².